The van der Waals surface area contributed by atoms with Crippen LogP contribution in [-0.2, 0) is 11.2 Å². The smallest absolute Gasteiger partial charge is 0.225 e. The molecule has 0 radical (unpaired) electrons. The normalized spacial score (nSPS) is 10.9. The number of rotatable bonds is 5. The van der Waals surface area contributed by atoms with E-state index in [0.29, 0.717) is 12.3 Å². The zero-order valence-electron chi connectivity index (χ0n) is 13.1. The van der Waals surface area contributed by atoms with E-state index in [1.807, 2.05) is 6.92 Å². The topological polar surface area (TPSA) is 42.0 Å². The zero-order chi connectivity index (χ0) is 15.4. The van der Waals surface area contributed by atoms with Gasteiger partial charge in [-0.25, -0.2) is 4.98 Å². The van der Waals surface area contributed by atoms with E-state index in [1.54, 1.807) is 11.3 Å². The fraction of sp³-hybridized carbons (Fsp3) is 0.412. The molecule has 0 atom stereocenters. The van der Waals surface area contributed by atoms with Crippen molar-refractivity contribution < 1.29 is 4.79 Å². The van der Waals surface area contributed by atoms with E-state index in [1.165, 1.54) is 5.56 Å². The average molecular weight is 302 g/mol. The first-order valence-electron chi connectivity index (χ1n) is 7.25. The van der Waals surface area contributed by atoms with E-state index in [9.17, 15) is 4.79 Å². The maximum absolute atomic E-state index is 11.9. The minimum Gasteiger partial charge on any atom is -0.356 e. The van der Waals surface area contributed by atoms with Crippen molar-refractivity contribution in [2.75, 3.05) is 6.54 Å². The predicted molar refractivity (Wildman–Crippen MR) is 88.6 cm³/mol. The molecule has 0 spiro atoms. The van der Waals surface area contributed by atoms with Crippen LogP contribution in [0.2, 0.25) is 0 Å². The lowest BCUT2D eigenvalue weighted by Gasteiger charge is -2.06. The van der Waals surface area contributed by atoms with Crippen LogP contribution in [0.15, 0.2) is 24.3 Å². The molecular formula is C17H22N2OS. The van der Waals surface area contributed by atoms with Crippen molar-refractivity contribution in [2.24, 2.45) is 5.92 Å². The molecule has 1 amide bonds. The second-order valence-electron chi connectivity index (χ2n) is 5.77. The first-order chi connectivity index (χ1) is 9.95. The maximum atomic E-state index is 11.9. The lowest BCUT2D eigenvalue weighted by molar-refractivity contribution is -0.120. The predicted octanol–water partition coefficient (Wildman–Crippen LogP) is 3.74. The van der Waals surface area contributed by atoms with E-state index in [-0.39, 0.29) is 5.91 Å². The van der Waals surface area contributed by atoms with Gasteiger partial charge in [0.05, 0.1) is 12.1 Å². The van der Waals surface area contributed by atoms with Crippen molar-refractivity contribution in [3.05, 3.63) is 40.4 Å². The van der Waals surface area contributed by atoms with Crippen LogP contribution >= 0.6 is 11.3 Å². The summed E-state index contributed by atoms with van der Waals surface area (Å²) in [5.41, 5.74) is 3.30. The first-order valence-corrected chi connectivity index (χ1v) is 8.07. The Morgan fingerprint density at radius 2 is 1.90 bits per heavy atom. The molecule has 2 rings (SSSR count). The van der Waals surface area contributed by atoms with Gasteiger partial charge < -0.3 is 5.32 Å². The van der Waals surface area contributed by atoms with Gasteiger partial charge in [0, 0.05) is 17.0 Å². The monoisotopic (exact) mass is 302 g/mol. The second-order valence-corrected chi connectivity index (χ2v) is 6.85. The number of nitrogens with one attached hydrogen (secondary N) is 1. The van der Waals surface area contributed by atoms with Crippen LogP contribution in [0.1, 0.15) is 30.0 Å². The SMILES string of the molecule is Cc1ccc(-c2nc(C)c(CC(=O)NCC(C)C)s2)cc1. The summed E-state index contributed by atoms with van der Waals surface area (Å²) in [5, 5.41) is 3.94. The summed E-state index contributed by atoms with van der Waals surface area (Å²) in [6, 6.07) is 8.33. The third-order valence-corrected chi connectivity index (χ3v) is 4.43. The molecule has 0 saturated carbocycles. The summed E-state index contributed by atoms with van der Waals surface area (Å²) in [6.07, 6.45) is 0.419. The van der Waals surface area contributed by atoms with E-state index in [4.69, 9.17) is 0 Å². The Morgan fingerprint density at radius 1 is 1.24 bits per heavy atom. The molecule has 3 nitrogen and oxygen atoms in total. The summed E-state index contributed by atoms with van der Waals surface area (Å²) in [6.45, 7) is 8.95. The summed E-state index contributed by atoms with van der Waals surface area (Å²) in [7, 11) is 0. The van der Waals surface area contributed by atoms with Gasteiger partial charge in [-0.05, 0) is 19.8 Å². The summed E-state index contributed by atoms with van der Waals surface area (Å²) < 4.78 is 0. The van der Waals surface area contributed by atoms with E-state index in [0.717, 1.165) is 27.7 Å². The Hall–Kier alpha value is -1.68. The largest absolute Gasteiger partial charge is 0.356 e. The van der Waals surface area contributed by atoms with E-state index < -0.39 is 0 Å². The Morgan fingerprint density at radius 3 is 2.52 bits per heavy atom. The lowest BCUT2D eigenvalue weighted by atomic mass is 10.2. The zero-order valence-corrected chi connectivity index (χ0v) is 13.9. The highest BCUT2D eigenvalue weighted by Crippen LogP contribution is 2.28. The summed E-state index contributed by atoms with van der Waals surface area (Å²) >= 11 is 1.61. The second kappa shape index (κ2) is 6.85. The molecule has 0 aliphatic rings. The molecule has 0 aliphatic carbocycles. The molecule has 1 heterocycles. The standard InChI is InChI=1S/C17H22N2OS/c1-11(2)10-18-16(20)9-15-13(4)19-17(21-15)14-7-5-12(3)6-8-14/h5-8,11H,9-10H2,1-4H3,(H,18,20). The lowest BCUT2D eigenvalue weighted by Crippen LogP contribution is -2.28. The molecule has 1 aromatic carbocycles. The number of hydrogen-bond acceptors (Lipinski definition) is 3. The maximum Gasteiger partial charge on any atom is 0.225 e. The number of benzene rings is 1. The number of carbonyl (C=O) groups is 1. The highest BCUT2D eigenvalue weighted by atomic mass is 32.1. The van der Waals surface area contributed by atoms with Crippen LogP contribution in [0.4, 0.5) is 0 Å². The van der Waals surface area contributed by atoms with Crippen molar-refractivity contribution in [2.45, 2.75) is 34.1 Å². The number of thiazole rings is 1. The number of hydrogen-bond donors (Lipinski definition) is 1. The van der Waals surface area contributed by atoms with Gasteiger partial charge in [-0.1, -0.05) is 43.7 Å². The van der Waals surface area contributed by atoms with Crippen LogP contribution < -0.4 is 5.32 Å². The van der Waals surface area contributed by atoms with Gasteiger partial charge in [0.25, 0.3) is 0 Å². The van der Waals surface area contributed by atoms with Gasteiger partial charge in [-0.15, -0.1) is 11.3 Å². The molecular weight excluding hydrogens is 280 g/mol. The molecule has 0 unspecified atom stereocenters. The Balaban J connectivity index is 2.08. The summed E-state index contributed by atoms with van der Waals surface area (Å²) in [5.74, 6) is 0.547. The molecule has 0 aliphatic heterocycles. The van der Waals surface area contributed by atoms with Gasteiger partial charge in [0.15, 0.2) is 0 Å². The minimum atomic E-state index is 0.0749. The molecule has 2 aromatic rings. The third kappa shape index (κ3) is 4.39. The van der Waals surface area contributed by atoms with E-state index >= 15 is 0 Å². The van der Waals surface area contributed by atoms with Crippen LogP contribution in [-0.4, -0.2) is 17.4 Å². The number of nitrogens with zero attached hydrogens (tertiary/aromatic N) is 1. The van der Waals surface area contributed by atoms with Crippen LogP contribution in [0, 0.1) is 19.8 Å². The van der Waals surface area contributed by atoms with Gasteiger partial charge in [-0.2, -0.15) is 0 Å². The van der Waals surface area contributed by atoms with Gasteiger partial charge >= 0.3 is 0 Å². The number of carbonyl (C=O) groups excluding carboxylic acids is 1. The van der Waals surface area contributed by atoms with Gasteiger partial charge in [0.2, 0.25) is 5.91 Å². The van der Waals surface area contributed by atoms with Crippen molar-refractivity contribution in [1.29, 1.82) is 0 Å². The molecule has 1 N–H and O–H groups in total. The van der Waals surface area contributed by atoms with Crippen LogP contribution in [0.3, 0.4) is 0 Å². The van der Waals surface area contributed by atoms with Crippen molar-refractivity contribution in [3.63, 3.8) is 0 Å². The highest BCUT2D eigenvalue weighted by Gasteiger charge is 2.13. The molecule has 21 heavy (non-hydrogen) atoms. The fourth-order valence-electron chi connectivity index (χ4n) is 1.94. The van der Waals surface area contributed by atoms with Crippen molar-refractivity contribution in [3.8, 4) is 10.6 Å². The number of aromatic nitrogens is 1. The average Bonchev–Trinajstić information content (AvgIpc) is 2.78. The molecule has 1 aromatic heterocycles. The van der Waals surface area contributed by atoms with Gasteiger partial charge in [-0.3, -0.25) is 4.79 Å². The molecule has 112 valence electrons. The summed E-state index contributed by atoms with van der Waals surface area (Å²) in [4.78, 5) is 17.6. The Kier molecular flexibility index (Phi) is 5.12. The van der Waals surface area contributed by atoms with Crippen LogP contribution in [0.25, 0.3) is 10.6 Å². The third-order valence-electron chi connectivity index (χ3n) is 3.22. The Bertz CT molecular complexity index is 614. The quantitative estimate of drug-likeness (QED) is 0.914. The molecule has 0 saturated heterocycles. The van der Waals surface area contributed by atoms with E-state index in [2.05, 4.69) is 55.3 Å². The Labute approximate surface area is 130 Å². The van der Waals surface area contributed by atoms with Crippen molar-refractivity contribution >= 4 is 17.2 Å². The fourth-order valence-corrected chi connectivity index (χ4v) is 3.00. The van der Waals surface area contributed by atoms with Gasteiger partial charge in [0.1, 0.15) is 5.01 Å². The van der Waals surface area contributed by atoms with Crippen molar-refractivity contribution in [1.82, 2.24) is 10.3 Å². The first kappa shape index (κ1) is 15.7. The number of aryl methyl sites for hydroxylation is 2. The van der Waals surface area contributed by atoms with Crippen LogP contribution in [0.5, 0.6) is 0 Å². The molecule has 0 bridgehead atoms. The molecule has 0 fully saturated rings. The highest BCUT2D eigenvalue weighted by molar-refractivity contribution is 7.15. The molecule has 4 heteroatoms. The number of amides is 1. The minimum absolute atomic E-state index is 0.0749.